The number of rotatable bonds is 5. The van der Waals surface area contributed by atoms with E-state index in [9.17, 15) is 0 Å². The Labute approximate surface area is 124 Å². The molecule has 106 valence electrons. The molecule has 19 heavy (non-hydrogen) atoms. The van der Waals surface area contributed by atoms with Gasteiger partial charge >= 0.3 is 0 Å². The van der Waals surface area contributed by atoms with Crippen molar-refractivity contribution in [3.05, 3.63) is 27.7 Å². The molecule has 0 amide bonds. The van der Waals surface area contributed by atoms with Gasteiger partial charge in [-0.3, -0.25) is 4.90 Å². The van der Waals surface area contributed by atoms with Crippen molar-refractivity contribution in [3.8, 4) is 5.75 Å². The Morgan fingerprint density at radius 2 is 2.00 bits per heavy atom. The summed E-state index contributed by atoms with van der Waals surface area (Å²) in [7, 11) is 0. The van der Waals surface area contributed by atoms with Gasteiger partial charge in [-0.2, -0.15) is 0 Å². The number of nitrogens with two attached hydrogens (primary N) is 1. The Balaban J connectivity index is 1.91. The number of halogens is 1. The van der Waals surface area contributed by atoms with Crippen LogP contribution in [0.2, 0.25) is 0 Å². The van der Waals surface area contributed by atoms with Gasteiger partial charge in [0.15, 0.2) is 0 Å². The number of hydrogen-bond acceptors (Lipinski definition) is 3. The second kappa shape index (κ2) is 7.27. The number of nitrogens with zero attached hydrogens (tertiary/aromatic N) is 1. The average molecular weight is 327 g/mol. The van der Waals surface area contributed by atoms with Gasteiger partial charge in [-0.05, 0) is 50.6 Å². The lowest BCUT2D eigenvalue weighted by Crippen LogP contribution is -2.33. The number of likely N-dealkylation sites (tertiary alicyclic amines) is 1. The van der Waals surface area contributed by atoms with Crippen LogP contribution in [0.3, 0.4) is 0 Å². The van der Waals surface area contributed by atoms with Crippen molar-refractivity contribution in [2.45, 2.75) is 32.7 Å². The second-order valence-corrected chi connectivity index (χ2v) is 6.08. The highest BCUT2D eigenvalue weighted by atomic mass is 79.9. The Hall–Kier alpha value is -0.580. The molecule has 0 spiro atoms. The minimum atomic E-state index is 0.513. The first-order valence-corrected chi connectivity index (χ1v) is 7.84. The maximum absolute atomic E-state index is 5.97. The predicted molar refractivity (Wildman–Crippen MR) is 82.6 cm³/mol. The van der Waals surface area contributed by atoms with Crippen LogP contribution in [0, 0.1) is 6.92 Å². The predicted octanol–water partition coefficient (Wildman–Crippen LogP) is 3.08. The molecule has 1 fully saturated rings. The van der Waals surface area contributed by atoms with Gasteiger partial charge in [0.1, 0.15) is 12.4 Å². The van der Waals surface area contributed by atoms with Crippen LogP contribution in [0.25, 0.3) is 0 Å². The van der Waals surface area contributed by atoms with Gasteiger partial charge in [-0.15, -0.1) is 0 Å². The first kappa shape index (κ1) is 14.8. The van der Waals surface area contributed by atoms with Crippen molar-refractivity contribution in [1.82, 2.24) is 4.90 Å². The van der Waals surface area contributed by atoms with Crippen molar-refractivity contribution in [2.24, 2.45) is 5.73 Å². The molecule has 3 nitrogen and oxygen atoms in total. The molecule has 1 aromatic rings. The summed E-state index contributed by atoms with van der Waals surface area (Å²) in [4.78, 5) is 2.49. The highest BCUT2D eigenvalue weighted by Gasteiger charge is 2.11. The zero-order chi connectivity index (χ0) is 13.7. The van der Waals surface area contributed by atoms with Crippen molar-refractivity contribution < 1.29 is 4.74 Å². The molecular weight excluding hydrogens is 304 g/mol. The Morgan fingerprint density at radius 3 is 2.68 bits per heavy atom. The zero-order valence-electron chi connectivity index (χ0n) is 11.6. The van der Waals surface area contributed by atoms with Crippen LogP contribution in [-0.4, -0.2) is 31.1 Å². The summed E-state index contributed by atoms with van der Waals surface area (Å²) in [6.45, 7) is 6.77. The van der Waals surface area contributed by atoms with E-state index in [0.717, 1.165) is 34.5 Å². The molecule has 0 bridgehead atoms. The molecule has 1 heterocycles. The van der Waals surface area contributed by atoms with Crippen LogP contribution in [0.15, 0.2) is 16.6 Å². The molecule has 0 radical (unpaired) electrons. The lowest BCUT2D eigenvalue weighted by molar-refractivity contribution is 0.182. The van der Waals surface area contributed by atoms with Crippen molar-refractivity contribution in [2.75, 3.05) is 26.2 Å². The summed E-state index contributed by atoms with van der Waals surface area (Å²) in [6, 6.07) is 4.12. The highest BCUT2D eigenvalue weighted by molar-refractivity contribution is 9.10. The molecule has 2 rings (SSSR count). The molecule has 1 aliphatic heterocycles. The van der Waals surface area contributed by atoms with Crippen LogP contribution >= 0.6 is 15.9 Å². The fourth-order valence-electron chi connectivity index (χ4n) is 2.62. The molecule has 0 unspecified atom stereocenters. The van der Waals surface area contributed by atoms with Gasteiger partial charge in [0.05, 0.1) is 0 Å². The Kier molecular flexibility index (Phi) is 5.67. The third kappa shape index (κ3) is 4.20. The largest absolute Gasteiger partial charge is 0.492 e. The Morgan fingerprint density at radius 1 is 1.26 bits per heavy atom. The third-order valence-electron chi connectivity index (χ3n) is 3.64. The molecule has 1 aromatic carbocycles. The SMILES string of the molecule is Cc1cc(Br)cc(CN)c1OCCN1CCCCC1. The summed E-state index contributed by atoms with van der Waals surface area (Å²) in [6.07, 6.45) is 4.03. The maximum Gasteiger partial charge on any atom is 0.126 e. The fourth-order valence-corrected chi connectivity index (χ4v) is 3.24. The number of piperidine rings is 1. The van der Waals surface area contributed by atoms with E-state index in [4.69, 9.17) is 10.5 Å². The quantitative estimate of drug-likeness (QED) is 0.903. The lowest BCUT2D eigenvalue weighted by Gasteiger charge is -2.26. The molecule has 0 aromatic heterocycles. The first-order chi connectivity index (χ1) is 9.20. The summed E-state index contributed by atoms with van der Waals surface area (Å²) >= 11 is 3.50. The maximum atomic E-state index is 5.97. The van der Waals surface area contributed by atoms with Gasteiger partial charge in [0, 0.05) is 23.1 Å². The molecule has 0 atom stereocenters. The van der Waals surface area contributed by atoms with Gasteiger partial charge in [-0.1, -0.05) is 22.4 Å². The van der Waals surface area contributed by atoms with Crippen LogP contribution < -0.4 is 10.5 Å². The first-order valence-electron chi connectivity index (χ1n) is 7.05. The molecule has 2 N–H and O–H groups in total. The average Bonchev–Trinajstić information content (AvgIpc) is 2.42. The Bertz CT molecular complexity index is 417. The molecule has 0 aliphatic carbocycles. The fraction of sp³-hybridized carbons (Fsp3) is 0.600. The zero-order valence-corrected chi connectivity index (χ0v) is 13.2. The lowest BCUT2D eigenvalue weighted by atomic mass is 10.1. The highest BCUT2D eigenvalue weighted by Crippen LogP contribution is 2.27. The minimum absolute atomic E-state index is 0.513. The molecular formula is C15H23BrN2O. The standard InChI is InChI=1S/C15H23BrN2O/c1-12-9-14(16)10-13(11-17)15(12)19-8-7-18-5-3-2-4-6-18/h9-10H,2-8,11,17H2,1H3. The topological polar surface area (TPSA) is 38.5 Å². The summed E-state index contributed by atoms with van der Waals surface area (Å²) in [5, 5.41) is 0. The van der Waals surface area contributed by atoms with Crippen LogP contribution in [0.4, 0.5) is 0 Å². The van der Waals surface area contributed by atoms with Crippen molar-refractivity contribution in [1.29, 1.82) is 0 Å². The summed E-state index contributed by atoms with van der Waals surface area (Å²) < 4.78 is 7.04. The van der Waals surface area contributed by atoms with E-state index < -0.39 is 0 Å². The number of hydrogen-bond donors (Lipinski definition) is 1. The molecule has 0 saturated carbocycles. The van der Waals surface area contributed by atoms with E-state index >= 15 is 0 Å². The monoisotopic (exact) mass is 326 g/mol. The van der Waals surface area contributed by atoms with Crippen molar-refractivity contribution in [3.63, 3.8) is 0 Å². The summed E-state index contributed by atoms with van der Waals surface area (Å²) in [5.41, 5.74) is 8.01. The van der Waals surface area contributed by atoms with Gasteiger partial charge in [0.2, 0.25) is 0 Å². The van der Waals surface area contributed by atoms with E-state index in [-0.39, 0.29) is 0 Å². The van der Waals surface area contributed by atoms with E-state index in [1.165, 1.54) is 32.4 Å². The number of aryl methyl sites for hydroxylation is 1. The minimum Gasteiger partial charge on any atom is -0.492 e. The number of ether oxygens (including phenoxy) is 1. The molecule has 4 heteroatoms. The van der Waals surface area contributed by atoms with Crippen LogP contribution in [-0.2, 0) is 6.54 Å². The van der Waals surface area contributed by atoms with Gasteiger partial charge < -0.3 is 10.5 Å². The smallest absolute Gasteiger partial charge is 0.126 e. The second-order valence-electron chi connectivity index (χ2n) is 5.17. The van der Waals surface area contributed by atoms with Gasteiger partial charge in [0.25, 0.3) is 0 Å². The summed E-state index contributed by atoms with van der Waals surface area (Å²) in [5.74, 6) is 0.961. The van der Waals surface area contributed by atoms with E-state index in [2.05, 4.69) is 33.8 Å². The molecule has 1 saturated heterocycles. The van der Waals surface area contributed by atoms with E-state index in [0.29, 0.717) is 6.54 Å². The van der Waals surface area contributed by atoms with Crippen LogP contribution in [0.1, 0.15) is 30.4 Å². The third-order valence-corrected chi connectivity index (χ3v) is 4.10. The number of benzene rings is 1. The van der Waals surface area contributed by atoms with E-state index in [1.807, 2.05) is 6.07 Å². The van der Waals surface area contributed by atoms with Crippen molar-refractivity contribution >= 4 is 15.9 Å². The van der Waals surface area contributed by atoms with Gasteiger partial charge in [-0.25, -0.2) is 0 Å². The van der Waals surface area contributed by atoms with E-state index in [1.54, 1.807) is 0 Å². The van der Waals surface area contributed by atoms with Crippen LogP contribution in [0.5, 0.6) is 5.75 Å². The molecule has 1 aliphatic rings. The normalized spacial score (nSPS) is 16.6.